The Morgan fingerprint density at radius 2 is 1.51 bits per heavy atom. The maximum absolute atomic E-state index is 14.7. The summed E-state index contributed by atoms with van der Waals surface area (Å²) in [4.78, 5) is 40.0. The SMILES string of the molecule is CCCCOCCOCCN=S(=O)(Oc1cc(C(=O)CCCOCCOCCOCCN=[N+]=[N-])ccc1O[C@H]1O[C@H](COC(C)=O)[C@H](OC(C)=O)[C@H](C)[C@H]1C)n1cc[n+](C)c1. The molecule has 0 saturated carbocycles. The zero-order valence-corrected chi connectivity index (χ0v) is 37.0. The number of ether oxygens (including phenoxy) is 9. The third-order valence-electron chi connectivity index (χ3n) is 9.26. The molecular weight excluding hydrogens is 821 g/mol. The number of hydrogen-bond donors (Lipinski definition) is 0. The third kappa shape index (κ3) is 18.7. The van der Waals surface area contributed by atoms with Crippen LogP contribution in [0, 0.1) is 11.8 Å². The van der Waals surface area contributed by atoms with E-state index in [1.807, 2.05) is 13.8 Å². The van der Waals surface area contributed by atoms with Gasteiger partial charge in [-0.05, 0) is 36.6 Å². The zero-order valence-electron chi connectivity index (χ0n) is 36.2. The second kappa shape index (κ2) is 28.3. The number of carbonyl (C=O) groups is 3. The highest BCUT2D eigenvalue weighted by Crippen LogP contribution is 2.38. The minimum absolute atomic E-state index is 0.0117. The van der Waals surface area contributed by atoms with E-state index in [4.69, 9.17) is 52.3 Å². The summed E-state index contributed by atoms with van der Waals surface area (Å²) in [6.45, 7) is 12.0. The van der Waals surface area contributed by atoms with Gasteiger partial charge in [-0.15, -0.1) is 3.97 Å². The predicted molar refractivity (Wildman–Crippen MR) is 220 cm³/mol. The van der Waals surface area contributed by atoms with Crippen molar-refractivity contribution < 1.29 is 70.0 Å². The van der Waals surface area contributed by atoms with Crippen molar-refractivity contribution in [2.24, 2.45) is 28.4 Å². The predicted octanol–water partition coefficient (Wildman–Crippen LogP) is 4.56. The molecule has 1 aromatic carbocycles. The topological polar surface area (TPSA) is 231 Å². The molecule has 6 atom stereocenters. The van der Waals surface area contributed by atoms with Crippen LogP contribution in [0.4, 0.5) is 0 Å². The van der Waals surface area contributed by atoms with Gasteiger partial charge in [0.25, 0.3) is 6.33 Å². The van der Waals surface area contributed by atoms with Crippen molar-refractivity contribution in [3.63, 3.8) is 0 Å². The average Bonchev–Trinajstić information content (AvgIpc) is 3.68. The molecule has 20 nitrogen and oxygen atoms in total. The van der Waals surface area contributed by atoms with Crippen molar-refractivity contribution in [2.45, 2.75) is 78.8 Å². The number of azide groups is 1. The van der Waals surface area contributed by atoms with E-state index in [0.29, 0.717) is 65.9 Å². The van der Waals surface area contributed by atoms with Gasteiger partial charge in [-0.3, -0.25) is 14.4 Å². The lowest BCUT2D eigenvalue weighted by Crippen LogP contribution is -2.54. The Labute approximate surface area is 358 Å². The number of rotatable bonds is 31. The number of aromatic nitrogens is 2. The number of esters is 2. The molecule has 1 unspecified atom stereocenters. The summed E-state index contributed by atoms with van der Waals surface area (Å²) >= 11 is 0. The van der Waals surface area contributed by atoms with Gasteiger partial charge in [0.15, 0.2) is 17.3 Å². The van der Waals surface area contributed by atoms with Crippen LogP contribution in [0.1, 0.15) is 70.7 Å². The van der Waals surface area contributed by atoms with Gasteiger partial charge in [0.2, 0.25) is 6.29 Å². The van der Waals surface area contributed by atoms with Gasteiger partial charge in [-0.25, -0.2) is 4.57 Å². The fourth-order valence-electron chi connectivity index (χ4n) is 5.85. The molecule has 3 rings (SSSR count). The minimum atomic E-state index is -3.72. The Morgan fingerprint density at radius 1 is 0.869 bits per heavy atom. The van der Waals surface area contributed by atoms with Crippen LogP contribution in [0.2, 0.25) is 0 Å². The Bertz CT molecular complexity index is 1810. The summed E-state index contributed by atoms with van der Waals surface area (Å²) in [5.41, 5.74) is 8.55. The standard InChI is InChI=1S/C40H63N6O14S/c1-7-8-17-51-21-23-54-20-14-43-61(50,46-16-15-45(6)29-46)60-37-27-34(35(49)10-9-18-52-22-25-55-26-24-53-19-13-42-44-41)11-12-36(37)58-40-31(3)30(2)39(57-33(5)48)38(59-40)28-56-32(4)47/h11-12,15-16,27,29-31,38-40H,7-10,13-14,17-26,28H2,1-6H3/q+1/t30-,31-,38-,39-,40+,61?/m1/s1. The van der Waals surface area contributed by atoms with Crippen LogP contribution in [0.5, 0.6) is 11.5 Å². The zero-order chi connectivity index (χ0) is 44.5. The molecule has 0 bridgehead atoms. The van der Waals surface area contributed by atoms with E-state index in [1.54, 1.807) is 36.4 Å². The van der Waals surface area contributed by atoms with Crippen LogP contribution >= 0.6 is 0 Å². The van der Waals surface area contributed by atoms with Gasteiger partial charge in [0.05, 0.1) is 66.4 Å². The van der Waals surface area contributed by atoms with Crippen LogP contribution in [0.15, 0.2) is 46.4 Å². The molecule has 21 heteroatoms. The van der Waals surface area contributed by atoms with Crippen LogP contribution in [0.25, 0.3) is 10.4 Å². The van der Waals surface area contributed by atoms with Crippen LogP contribution in [0.3, 0.4) is 0 Å². The Kier molecular flexibility index (Phi) is 23.7. The van der Waals surface area contributed by atoms with Crippen molar-refractivity contribution in [1.29, 1.82) is 0 Å². The van der Waals surface area contributed by atoms with Crippen LogP contribution in [-0.2, 0) is 64.7 Å². The quantitative estimate of drug-likeness (QED) is 0.0192. The Hall–Kier alpha value is -4.34. The highest BCUT2D eigenvalue weighted by atomic mass is 32.2. The molecule has 1 saturated heterocycles. The second-order valence-corrected chi connectivity index (χ2v) is 15.9. The second-order valence-electron chi connectivity index (χ2n) is 14.1. The molecule has 0 aliphatic carbocycles. The van der Waals surface area contributed by atoms with E-state index in [9.17, 15) is 18.6 Å². The first-order chi connectivity index (χ1) is 29.4. The number of hydrogen-bond acceptors (Lipinski definition) is 16. The maximum atomic E-state index is 14.7. The largest absolute Gasteiger partial charge is 0.463 e. The van der Waals surface area contributed by atoms with E-state index in [2.05, 4.69) is 21.3 Å². The van der Waals surface area contributed by atoms with Gasteiger partial charge in [0, 0.05) is 62.3 Å². The van der Waals surface area contributed by atoms with E-state index < -0.39 is 40.6 Å². The summed E-state index contributed by atoms with van der Waals surface area (Å²) in [6.07, 6.45) is 4.76. The Morgan fingerprint density at radius 3 is 2.11 bits per heavy atom. The Balaban J connectivity index is 1.80. The summed E-state index contributed by atoms with van der Waals surface area (Å²) in [7, 11) is -1.96. The number of benzene rings is 1. The summed E-state index contributed by atoms with van der Waals surface area (Å²) in [6, 6.07) is 4.57. The molecule has 1 fully saturated rings. The highest BCUT2D eigenvalue weighted by molar-refractivity contribution is 7.87. The molecule has 0 spiro atoms. The number of nitrogens with zero attached hydrogens (tertiary/aromatic N) is 6. The molecule has 1 aliphatic rings. The van der Waals surface area contributed by atoms with Crippen molar-refractivity contribution in [1.82, 2.24) is 3.97 Å². The van der Waals surface area contributed by atoms with Gasteiger partial charge < -0.3 is 46.8 Å². The number of carbonyl (C=O) groups excluding carboxylic acids is 3. The van der Waals surface area contributed by atoms with Crippen molar-refractivity contribution in [3.05, 3.63) is 52.9 Å². The minimum Gasteiger partial charge on any atom is -0.463 e. The molecule has 1 aromatic heterocycles. The number of ketones is 1. The third-order valence-corrected chi connectivity index (χ3v) is 10.9. The fourth-order valence-corrected chi connectivity index (χ4v) is 7.26. The molecule has 2 heterocycles. The number of Topliss-reactive ketones (excluding diaryl/α,β-unsaturated/α-hetero) is 1. The lowest BCUT2D eigenvalue weighted by Gasteiger charge is -2.43. The van der Waals surface area contributed by atoms with E-state index in [1.165, 1.54) is 30.0 Å². The van der Waals surface area contributed by atoms with Gasteiger partial charge in [-0.1, -0.05) is 32.3 Å². The highest BCUT2D eigenvalue weighted by Gasteiger charge is 2.45. The molecule has 61 heavy (non-hydrogen) atoms. The average molecular weight is 884 g/mol. The molecule has 0 radical (unpaired) electrons. The normalized spacial score (nSPS) is 19.6. The molecule has 0 amide bonds. The number of imidazole rings is 1. The van der Waals surface area contributed by atoms with Crippen molar-refractivity contribution in [2.75, 3.05) is 85.8 Å². The molecule has 0 N–H and O–H groups in total. The molecule has 2 aromatic rings. The lowest BCUT2D eigenvalue weighted by molar-refractivity contribution is -0.670. The monoisotopic (exact) mass is 883 g/mol. The van der Waals surface area contributed by atoms with Crippen LogP contribution in [-0.4, -0.2) is 130 Å². The summed E-state index contributed by atoms with van der Waals surface area (Å²) in [5, 5.41) is 3.39. The lowest BCUT2D eigenvalue weighted by atomic mass is 9.84. The number of unbranched alkanes of at least 4 members (excludes halogenated alkanes) is 1. The number of aryl methyl sites for hydroxylation is 1. The summed E-state index contributed by atoms with van der Waals surface area (Å²) < 4.78 is 79.7. The molecule has 1 aliphatic heterocycles. The van der Waals surface area contributed by atoms with Crippen molar-refractivity contribution >= 4 is 27.9 Å². The maximum Gasteiger partial charge on any atom is 0.382 e. The van der Waals surface area contributed by atoms with E-state index in [0.717, 1.165) is 12.8 Å². The van der Waals surface area contributed by atoms with Gasteiger partial charge in [0.1, 0.15) is 31.2 Å². The van der Waals surface area contributed by atoms with E-state index >= 15 is 0 Å². The first kappa shape index (κ1) is 51.0. The van der Waals surface area contributed by atoms with Crippen molar-refractivity contribution in [3.8, 4) is 11.5 Å². The summed E-state index contributed by atoms with van der Waals surface area (Å²) in [5.74, 6) is -1.90. The smallest absolute Gasteiger partial charge is 0.382 e. The van der Waals surface area contributed by atoms with Gasteiger partial charge >= 0.3 is 22.1 Å². The van der Waals surface area contributed by atoms with Gasteiger partial charge in [-0.2, -0.15) is 8.57 Å². The molecular formula is C40H63N6O14S+. The van der Waals surface area contributed by atoms with E-state index in [-0.39, 0.29) is 67.4 Å². The fraction of sp³-hybridized carbons (Fsp3) is 0.700. The molecule has 342 valence electrons. The van der Waals surface area contributed by atoms with Crippen LogP contribution < -0.4 is 13.5 Å². The first-order valence-corrected chi connectivity index (χ1v) is 21.9. The first-order valence-electron chi connectivity index (χ1n) is 20.5.